The summed E-state index contributed by atoms with van der Waals surface area (Å²) in [5.74, 6) is -0.388. The second kappa shape index (κ2) is 5.04. The Hall–Kier alpha value is -1.47. The van der Waals surface area contributed by atoms with Crippen molar-refractivity contribution in [2.45, 2.75) is 0 Å². The highest BCUT2D eigenvalue weighted by atomic mass is 79.9. The number of hydrogen-bond acceptors (Lipinski definition) is 4. The van der Waals surface area contributed by atoms with Crippen molar-refractivity contribution < 1.29 is 9.72 Å². The van der Waals surface area contributed by atoms with Gasteiger partial charge in [-0.25, -0.2) is 5.01 Å². The summed E-state index contributed by atoms with van der Waals surface area (Å²) in [5.41, 5.74) is 2.61. The molecular formula is C9H10BrN3O3. The molecule has 0 atom stereocenters. The molecule has 1 amide bonds. The van der Waals surface area contributed by atoms with Crippen LogP contribution in [0.15, 0.2) is 22.7 Å². The fourth-order valence-electron chi connectivity index (χ4n) is 1.06. The van der Waals surface area contributed by atoms with Gasteiger partial charge in [0.05, 0.1) is 9.40 Å². The first-order chi connectivity index (χ1) is 7.41. The van der Waals surface area contributed by atoms with E-state index in [1.165, 1.54) is 23.2 Å². The average molecular weight is 288 g/mol. The van der Waals surface area contributed by atoms with E-state index in [1.807, 2.05) is 0 Å². The van der Waals surface area contributed by atoms with Crippen LogP contribution in [0.4, 0.5) is 5.69 Å². The standard InChI is InChI=1S/C9H10BrN3O3/c1-12(2)11-9(14)6-3-4-7(10)8(5-6)13(15)16/h3-5H,1-2H3,(H,11,14). The van der Waals surface area contributed by atoms with Crippen molar-refractivity contribution >= 4 is 27.5 Å². The van der Waals surface area contributed by atoms with Gasteiger partial charge in [-0.1, -0.05) is 0 Å². The van der Waals surface area contributed by atoms with Gasteiger partial charge in [-0.2, -0.15) is 0 Å². The van der Waals surface area contributed by atoms with Crippen LogP contribution in [-0.4, -0.2) is 29.9 Å². The summed E-state index contributed by atoms with van der Waals surface area (Å²) in [6.07, 6.45) is 0. The van der Waals surface area contributed by atoms with Gasteiger partial charge in [-0.05, 0) is 28.1 Å². The topological polar surface area (TPSA) is 75.5 Å². The summed E-state index contributed by atoms with van der Waals surface area (Å²) in [7, 11) is 3.32. The molecule has 1 aromatic carbocycles. The number of carbonyl (C=O) groups is 1. The minimum atomic E-state index is -0.545. The average Bonchev–Trinajstić information content (AvgIpc) is 2.16. The van der Waals surface area contributed by atoms with Gasteiger partial charge in [0.1, 0.15) is 0 Å². The number of amides is 1. The second-order valence-electron chi connectivity index (χ2n) is 3.26. The molecule has 0 radical (unpaired) electrons. The number of nitro benzene ring substituents is 1. The molecule has 0 fully saturated rings. The molecule has 0 saturated carbocycles. The van der Waals surface area contributed by atoms with E-state index in [1.54, 1.807) is 14.1 Å². The first-order valence-electron chi connectivity index (χ1n) is 4.34. The van der Waals surface area contributed by atoms with E-state index in [0.717, 1.165) is 0 Å². The van der Waals surface area contributed by atoms with E-state index in [-0.39, 0.29) is 17.2 Å². The lowest BCUT2D eigenvalue weighted by molar-refractivity contribution is -0.385. The number of nitrogens with zero attached hydrogens (tertiary/aromatic N) is 2. The van der Waals surface area contributed by atoms with Crippen molar-refractivity contribution in [2.75, 3.05) is 14.1 Å². The van der Waals surface area contributed by atoms with Crippen LogP contribution in [0, 0.1) is 10.1 Å². The number of hydrogen-bond donors (Lipinski definition) is 1. The third-order valence-corrected chi connectivity index (χ3v) is 2.40. The normalized spacial score (nSPS) is 10.2. The molecule has 0 aliphatic heterocycles. The van der Waals surface area contributed by atoms with Crippen LogP contribution in [0.5, 0.6) is 0 Å². The summed E-state index contributed by atoms with van der Waals surface area (Å²) in [5, 5.41) is 12.1. The monoisotopic (exact) mass is 287 g/mol. The minimum Gasteiger partial charge on any atom is -0.285 e. The largest absolute Gasteiger partial charge is 0.285 e. The predicted molar refractivity (Wildman–Crippen MR) is 61.9 cm³/mol. The van der Waals surface area contributed by atoms with Crippen LogP contribution in [0.2, 0.25) is 0 Å². The number of nitro groups is 1. The first kappa shape index (κ1) is 12.6. The molecule has 1 aromatic rings. The van der Waals surface area contributed by atoms with Crippen LogP contribution in [0.3, 0.4) is 0 Å². The number of carbonyl (C=O) groups excluding carboxylic acids is 1. The van der Waals surface area contributed by atoms with Crippen LogP contribution in [-0.2, 0) is 0 Å². The van der Waals surface area contributed by atoms with Gasteiger partial charge in [-0.3, -0.25) is 20.3 Å². The maximum absolute atomic E-state index is 11.6. The van der Waals surface area contributed by atoms with E-state index in [0.29, 0.717) is 4.47 Å². The molecule has 0 unspecified atom stereocenters. The molecule has 6 nitrogen and oxygen atoms in total. The summed E-state index contributed by atoms with van der Waals surface area (Å²) in [4.78, 5) is 21.7. The molecule has 0 aromatic heterocycles. The Morgan fingerprint density at radius 3 is 2.62 bits per heavy atom. The van der Waals surface area contributed by atoms with Crippen LogP contribution in [0.1, 0.15) is 10.4 Å². The maximum Gasteiger partial charge on any atom is 0.284 e. The van der Waals surface area contributed by atoms with E-state index in [9.17, 15) is 14.9 Å². The highest BCUT2D eigenvalue weighted by molar-refractivity contribution is 9.10. The number of hydrazine groups is 1. The molecule has 1 rings (SSSR count). The van der Waals surface area contributed by atoms with Gasteiger partial charge < -0.3 is 0 Å². The molecule has 0 heterocycles. The molecule has 0 aliphatic carbocycles. The van der Waals surface area contributed by atoms with E-state index < -0.39 is 4.92 Å². The van der Waals surface area contributed by atoms with Crippen molar-refractivity contribution in [3.63, 3.8) is 0 Å². The lowest BCUT2D eigenvalue weighted by Crippen LogP contribution is -2.36. The number of rotatable bonds is 3. The number of halogens is 1. The zero-order chi connectivity index (χ0) is 12.3. The van der Waals surface area contributed by atoms with E-state index in [4.69, 9.17) is 0 Å². The maximum atomic E-state index is 11.6. The Bertz CT molecular complexity index is 434. The SMILES string of the molecule is CN(C)NC(=O)c1ccc(Br)c([N+](=O)[O-])c1. The molecule has 16 heavy (non-hydrogen) atoms. The third kappa shape index (κ3) is 3.01. The van der Waals surface area contributed by atoms with Gasteiger partial charge >= 0.3 is 0 Å². The molecule has 0 saturated heterocycles. The molecule has 0 aliphatic rings. The molecule has 0 bridgehead atoms. The smallest absolute Gasteiger partial charge is 0.284 e. The fraction of sp³-hybridized carbons (Fsp3) is 0.222. The summed E-state index contributed by atoms with van der Waals surface area (Å²) in [6.45, 7) is 0. The zero-order valence-corrected chi connectivity index (χ0v) is 10.3. The van der Waals surface area contributed by atoms with Crippen LogP contribution in [0.25, 0.3) is 0 Å². The van der Waals surface area contributed by atoms with Gasteiger partial charge in [-0.15, -0.1) is 0 Å². The first-order valence-corrected chi connectivity index (χ1v) is 5.13. The predicted octanol–water partition coefficient (Wildman–Crippen LogP) is 1.56. The Kier molecular flexibility index (Phi) is 3.97. The van der Waals surface area contributed by atoms with Gasteiger partial charge in [0.25, 0.3) is 11.6 Å². The van der Waals surface area contributed by atoms with E-state index in [2.05, 4.69) is 21.4 Å². The molecule has 7 heteroatoms. The zero-order valence-electron chi connectivity index (χ0n) is 8.73. The quantitative estimate of drug-likeness (QED) is 0.676. The van der Waals surface area contributed by atoms with E-state index >= 15 is 0 Å². The van der Waals surface area contributed by atoms with Crippen molar-refractivity contribution in [2.24, 2.45) is 0 Å². The Morgan fingerprint density at radius 2 is 2.12 bits per heavy atom. The molecule has 0 spiro atoms. The number of nitrogens with one attached hydrogen (secondary N) is 1. The number of benzene rings is 1. The van der Waals surface area contributed by atoms with Gasteiger partial charge in [0, 0.05) is 25.7 Å². The minimum absolute atomic E-state index is 0.133. The van der Waals surface area contributed by atoms with Crippen molar-refractivity contribution in [3.8, 4) is 0 Å². The Morgan fingerprint density at radius 1 is 1.50 bits per heavy atom. The third-order valence-electron chi connectivity index (χ3n) is 1.73. The highest BCUT2D eigenvalue weighted by Gasteiger charge is 2.15. The summed E-state index contributed by atoms with van der Waals surface area (Å²) < 4.78 is 0.346. The lowest BCUT2D eigenvalue weighted by Gasteiger charge is -2.11. The highest BCUT2D eigenvalue weighted by Crippen LogP contribution is 2.25. The fourth-order valence-corrected chi connectivity index (χ4v) is 1.45. The van der Waals surface area contributed by atoms with Crippen molar-refractivity contribution in [1.29, 1.82) is 0 Å². The van der Waals surface area contributed by atoms with Gasteiger partial charge in [0.2, 0.25) is 0 Å². The Balaban J connectivity index is 3.03. The lowest BCUT2D eigenvalue weighted by atomic mass is 10.2. The molecular weight excluding hydrogens is 278 g/mol. The van der Waals surface area contributed by atoms with Crippen LogP contribution < -0.4 is 5.43 Å². The molecule has 86 valence electrons. The summed E-state index contributed by atoms with van der Waals surface area (Å²) in [6, 6.07) is 4.21. The summed E-state index contributed by atoms with van der Waals surface area (Å²) >= 11 is 3.05. The second-order valence-corrected chi connectivity index (χ2v) is 4.11. The van der Waals surface area contributed by atoms with Crippen LogP contribution >= 0.6 is 15.9 Å². The molecule has 1 N–H and O–H groups in total. The van der Waals surface area contributed by atoms with Gasteiger partial charge in [0.15, 0.2) is 0 Å². The van der Waals surface area contributed by atoms with Crippen molar-refractivity contribution in [1.82, 2.24) is 10.4 Å². The van der Waals surface area contributed by atoms with Crippen molar-refractivity contribution in [3.05, 3.63) is 38.3 Å². The Labute approximate surface area is 100 Å².